The van der Waals surface area contributed by atoms with Crippen LogP contribution in [-0.4, -0.2) is 31.2 Å². The number of thiazole rings is 1. The number of rotatable bonds is 8. The van der Waals surface area contributed by atoms with Gasteiger partial charge in [0.05, 0.1) is 12.8 Å². The second-order valence-electron chi connectivity index (χ2n) is 5.69. The highest BCUT2D eigenvalue weighted by molar-refractivity contribution is 7.13. The molecule has 1 heterocycles. The molecule has 0 bridgehead atoms. The van der Waals surface area contributed by atoms with E-state index in [-0.39, 0.29) is 18.3 Å². The van der Waals surface area contributed by atoms with Crippen LogP contribution in [-0.2, 0) is 11.2 Å². The van der Waals surface area contributed by atoms with Crippen LogP contribution in [0.3, 0.4) is 0 Å². The third-order valence-corrected chi connectivity index (χ3v) is 4.69. The van der Waals surface area contributed by atoms with Crippen LogP contribution < -0.4 is 14.8 Å². The van der Waals surface area contributed by atoms with E-state index >= 15 is 0 Å². The fourth-order valence-corrected chi connectivity index (χ4v) is 3.29. The van der Waals surface area contributed by atoms with Gasteiger partial charge in [-0.3, -0.25) is 4.79 Å². The third kappa shape index (κ3) is 5.27. The first-order valence-corrected chi connectivity index (χ1v) is 9.26. The fraction of sp³-hybridized carbons (Fsp3) is 0.200. The van der Waals surface area contributed by atoms with E-state index in [9.17, 15) is 9.18 Å². The number of para-hydroxylation sites is 2. The van der Waals surface area contributed by atoms with Gasteiger partial charge in [0, 0.05) is 23.9 Å². The predicted octanol–water partition coefficient (Wildman–Crippen LogP) is 3.70. The van der Waals surface area contributed by atoms with Gasteiger partial charge in [0.1, 0.15) is 10.8 Å². The van der Waals surface area contributed by atoms with Gasteiger partial charge in [0.15, 0.2) is 18.1 Å². The Hall–Kier alpha value is -2.93. The van der Waals surface area contributed by atoms with Crippen LogP contribution in [0.4, 0.5) is 4.39 Å². The van der Waals surface area contributed by atoms with Crippen LogP contribution in [0.15, 0.2) is 53.9 Å². The number of benzene rings is 2. The van der Waals surface area contributed by atoms with Crippen LogP contribution in [0, 0.1) is 5.82 Å². The van der Waals surface area contributed by atoms with Gasteiger partial charge in [-0.1, -0.05) is 24.3 Å². The van der Waals surface area contributed by atoms with E-state index in [0.29, 0.717) is 24.5 Å². The van der Waals surface area contributed by atoms with Gasteiger partial charge < -0.3 is 14.8 Å². The number of hydrogen-bond donors (Lipinski definition) is 1. The molecular formula is C20H19FN2O3S. The van der Waals surface area contributed by atoms with E-state index in [1.165, 1.54) is 23.5 Å². The topological polar surface area (TPSA) is 60.5 Å². The van der Waals surface area contributed by atoms with Crippen molar-refractivity contribution in [1.29, 1.82) is 0 Å². The number of methoxy groups -OCH3 is 1. The molecule has 27 heavy (non-hydrogen) atoms. The second-order valence-corrected chi connectivity index (χ2v) is 6.55. The highest BCUT2D eigenvalue weighted by atomic mass is 32.1. The van der Waals surface area contributed by atoms with Crippen molar-refractivity contribution in [2.45, 2.75) is 6.42 Å². The zero-order valence-corrected chi connectivity index (χ0v) is 15.6. The van der Waals surface area contributed by atoms with Gasteiger partial charge in [-0.05, 0) is 24.3 Å². The minimum Gasteiger partial charge on any atom is -0.493 e. The van der Waals surface area contributed by atoms with E-state index in [2.05, 4.69) is 10.3 Å². The van der Waals surface area contributed by atoms with Crippen molar-refractivity contribution in [2.75, 3.05) is 20.3 Å². The summed E-state index contributed by atoms with van der Waals surface area (Å²) in [6.07, 6.45) is 0.589. The average Bonchev–Trinajstić information content (AvgIpc) is 3.15. The van der Waals surface area contributed by atoms with Gasteiger partial charge >= 0.3 is 0 Å². The maximum Gasteiger partial charge on any atom is 0.257 e. The molecule has 0 aliphatic carbocycles. The first kappa shape index (κ1) is 18.8. The Labute approximate surface area is 160 Å². The van der Waals surface area contributed by atoms with Crippen LogP contribution in [0.1, 0.15) is 5.69 Å². The van der Waals surface area contributed by atoms with E-state index < -0.39 is 0 Å². The largest absolute Gasteiger partial charge is 0.493 e. The summed E-state index contributed by atoms with van der Waals surface area (Å²) in [5, 5.41) is 5.47. The van der Waals surface area contributed by atoms with Crippen molar-refractivity contribution < 1.29 is 18.7 Å². The van der Waals surface area contributed by atoms with Crippen molar-refractivity contribution in [2.24, 2.45) is 0 Å². The summed E-state index contributed by atoms with van der Waals surface area (Å²) in [4.78, 5) is 16.4. The number of nitrogens with one attached hydrogen (secondary N) is 1. The Morgan fingerprint density at radius 1 is 1.19 bits per heavy atom. The molecule has 140 valence electrons. The summed E-state index contributed by atoms with van der Waals surface area (Å²) in [5.74, 6) is 0.597. The number of nitrogens with zero attached hydrogens (tertiary/aromatic N) is 1. The molecule has 0 aliphatic rings. The summed E-state index contributed by atoms with van der Waals surface area (Å²) in [5.41, 5.74) is 1.60. The summed E-state index contributed by atoms with van der Waals surface area (Å²) >= 11 is 1.45. The quantitative estimate of drug-likeness (QED) is 0.641. The predicted molar refractivity (Wildman–Crippen MR) is 103 cm³/mol. The molecule has 3 aromatic rings. The number of carbonyl (C=O) groups is 1. The van der Waals surface area contributed by atoms with Gasteiger partial charge in [-0.15, -0.1) is 11.3 Å². The summed E-state index contributed by atoms with van der Waals surface area (Å²) < 4.78 is 24.0. The molecular weight excluding hydrogens is 367 g/mol. The number of halogens is 1. The molecule has 0 aliphatic heterocycles. The summed E-state index contributed by atoms with van der Waals surface area (Å²) in [6.45, 7) is 0.354. The highest BCUT2D eigenvalue weighted by Crippen LogP contribution is 2.26. The van der Waals surface area contributed by atoms with Crippen molar-refractivity contribution in [3.8, 4) is 22.1 Å². The highest BCUT2D eigenvalue weighted by Gasteiger charge is 2.08. The summed E-state index contributed by atoms with van der Waals surface area (Å²) in [7, 11) is 1.55. The molecule has 0 atom stereocenters. The molecule has 0 spiro atoms. The molecule has 3 rings (SSSR count). The number of ether oxygens (including phenoxy) is 2. The van der Waals surface area contributed by atoms with Gasteiger partial charge in [0.25, 0.3) is 5.91 Å². The molecule has 0 unspecified atom stereocenters. The van der Waals surface area contributed by atoms with E-state index in [1.807, 2.05) is 23.6 Å². The van der Waals surface area contributed by atoms with Crippen molar-refractivity contribution >= 4 is 17.2 Å². The smallest absolute Gasteiger partial charge is 0.257 e. The first-order valence-electron chi connectivity index (χ1n) is 8.38. The lowest BCUT2D eigenvalue weighted by molar-refractivity contribution is -0.123. The standard InChI is InChI=1S/C20H19FN2O3S/c1-25-17-7-2-3-8-18(17)26-12-19(24)22-10-9-16-13-27-20(23-16)14-5-4-6-15(21)11-14/h2-8,11,13H,9-10,12H2,1H3,(H,22,24). The zero-order chi connectivity index (χ0) is 19.1. The minimum absolute atomic E-state index is 0.0913. The lowest BCUT2D eigenvalue weighted by Crippen LogP contribution is -2.30. The molecule has 5 nitrogen and oxygen atoms in total. The number of hydrogen-bond acceptors (Lipinski definition) is 5. The zero-order valence-electron chi connectivity index (χ0n) is 14.8. The molecule has 0 radical (unpaired) electrons. The van der Waals surface area contributed by atoms with E-state index in [0.717, 1.165) is 16.3 Å². The third-order valence-electron chi connectivity index (χ3n) is 3.75. The van der Waals surface area contributed by atoms with E-state index in [4.69, 9.17) is 9.47 Å². The minimum atomic E-state index is -0.286. The van der Waals surface area contributed by atoms with Gasteiger partial charge in [0.2, 0.25) is 0 Å². The Morgan fingerprint density at radius 3 is 2.78 bits per heavy atom. The van der Waals surface area contributed by atoms with Crippen LogP contribution in [0.25, 0.3) is 10.6 Å². The van der Waals surface area contributed by atoms with Crippen LogP contribution in [0.2, 0.25) is 0 Å². The Kier molecular flexibility index (Phi) is 6.38. The van der Waals surface area contributed by atoms with Gasteiger partial charge in [-0.25, -0.2) is 9.37 Å². The Balaban J connectivity index is 1.45. The molecule has 7 heteroatoms. The molecule has 1 amide bonds. The molecule has 2 aromatic carbocycles. The molecule has 0 fully saturated rings. The molecule has 1 aromatic heterocycles. The fourth-order valence-electron chi connectivity index (χ4n) is 2.44. The maximum atomic E-state index is 13.3. The van der Waals surface area contributed by atoms with Crippen LogP contribution in [0.5, 0.6) is 11.5 Å². The molecule has 1 N–H and O–H groups in total. The Bertz CT molecular complexity index is 914. The number of carbonyl (C=O) groups excluding carboxylic acids is 1. The normalized spacial score (nSPS) is 10.4. The lowest BCUT2D eigenvalue weighted by atomic mass is 10.2. The summed E-state index contributed by atoms with van der Waals surface area (Å²) in [6, 6.07) is 13.5. The monoisotopic (exact) mass is 386 g/mol. The van der Waals surface area contributed by atoms with Crippen LogP contribution >= 0.6 is 11.3 Å². The Morgan fingerprint density at radius 2 is 2.00 bits per heavy atom. The number of amides is 1. The van der Waals surface area contributed by atoms with Gasteiger partial charge in [-0.2, -0.15) is 0 Å². The maximum absolute atomic E-state index is 13.3. The van der Waals surface area contributed by atoms with Crippen molar-refractivity contribution in [3.63, 3.8) is 0 Å². The lowest BCUT2D eigenvalue weighted by Gasteiger charge is -2.10. The second kappa shape index (κ2) is 9.14. The molecule has 0 saturated heterocycles. The SMILES string of the molecule is COc1ccccc1OCC(=O)NCCc1csc(-c2cccc(F)c2)n1. The average molecular weight is 386 g/mol. The van der Waals surface area contributed by atoms with Crippen molar-refractivity contribution in [1.82, 2.24) is 10.3 Å². The first-order chi connectivity index (χ1) is 13.2. The van der Waals surface area contributed by atoms with E-state index in [1.54, 1.807) is 25.3 Å². The van der Waals surface area contributed by atoms with Crippen molar-refractivity contribution in [3.05, 3.63) is 65.4 Å². The number of aromatic nitrogens is 1. The molecule has 0 saturated carbocycles.